The van der Waals surface area contributed by atoms with Crippen LogP contribution in [0.25, 0.3) is 0 Å². The van der Waals surface area contributed by atoms with Gasteiger partial charge in [0.25, 0.3) is 0 Å². The number of hydrogen-bond donors (Lipinski definition) is 3. The Morgan fingerprint density at radius 3 is 2.67 bits per heavy atom. The highest BCUT2D eigenvalue weighted by Crippen LogP contribution is 2.44. The van der Waals surface area contributed by atoms with Gasteiger partial charge in [-0.2, -0.15) is 5.48 Å². The van der Waals surface area contributed by atoms with E-state index in [-0.39, 0.29) is 6.04 Å². The molecular formula is C13H19NO4. The van der Waals surface area contributed by atoms with Gasteiger partial charge >= 0.3 is 0 Å². The van der Waals surface area contributed by atoms with E-state index in [1.54, 1.807) is 12.3 Å². The van der Waals surface area contributed by atoms with Gasteiger partial charge in [-0.3, -0.25) is 4.84 Å². The van der Waals surface area contributed by atoms with Gasteiger partial charge in [-0.05, 0) is 25.0 Å². The summed E-state index contributed by atoms with van der Waals surface area (Å²) >= 11 is 0. The Labute approximate surface area is 106 Å². The van der Waals surface area contributed by atoms with E-state index < -0.39 is 11.4 Å². The summed E-state index contributed by atoms with van der Waals surface area (Å²) < 4.78 is 5.30. The van der Waals surface area contributed by atoms with Gasteiger partial charge in [0.15, 0.2) is 0 Å². The number of nitrogens with one attached hydrogen (secondary N) is 1. The molecule has 3 rings (SSSR count). The normalized spacial score (nSPS) is 35.8. The Morgan fingerprint density at radius 1 is 1.22 bits per heavy atom. The highest BCUT2D eigenvalue weighted by Gasteiger charge is 2.56. The first-order valence-electron chi connectivity index (χ1n) is 6.55. The quantitative estimate of drug-likeness (QED) is 0.747. The van der Waals surface area contributed by atoms with Crippen molar-refractivity contribution in [1.82, 2.24) is 5.48 Å². The lowest BCUT2D eigenvalue weighted by atomic mass is 9.77. The minimum Gasteiger partial charge on any atom is -0.468 e. The average Bonchev–Trinajstić information content (AvgIpc) is 2.99. The van der Waals surface area contributed by atoms with Crippen LogP contribution in [0.1, 0.15) is 50.3 Å². The Kier molecular flexibility index (Phi) is 2.94. The molecule has 1 aromatic rings. The standard InChI is InChI=1S/C13H19NO4/c15-12(6-2-1-3-7-12)13(16)9-10(14-18-13)11-5-4-8-17-11/h4-5,8,10,14-16H,1-3,6-7,9H2/t10-,13+/m0/s1. The zero-order valence-corrected chi connectivity index (χ0v) is 10.3. The van der Waals surface area contributed by atoms with Crippen molar-refractivity contribution in [3.8, 4) is 0 Å². The number of hydrogen-bond acceptors (Lipinski definition) is 5. The number of rotatable bonds is 2. The minimum absolute atomic E-state index is 0.212. The summed E-state index contributed by atoms with van der Waals surface area (Å²) in [4.78, 5) is 5.31. The van der Waals surface area contributed by atoms with E-state index in [9.17, 15) is 10.2 Å². The van der Waals surface area contributed by atoms with E-state index in [0.717, 1.165) is 19.3 Å². The van der Waals surface area contributed by atoms with Crippen LogP contribution in [-0.4, -0.2) is 21.6 Å². The molecule has 1 aromatic heterocycles. The number of furan rings is 1. The SMILES string of the molecule is OC1([C@@]2(O)C[C@@H](c3ccco3)NO2)CCCCC1. The summed E-state index contributed by atoms with van der Waals surface area (Å²) in [6, 6.07) is 3.41. The van der Waals surface area contributed by atoms with Gasteiger partial charge in [-0.15, -0.1) is 0 Å². The molecule has 0 radical (unpaired) electrons. The molecule has 1 aliphatic heterocycles. The molecule has 0 aromatic carbocycles. The van der Waals surface area contributed by atoms with E-state index in [0.29, 0.717) is 25.0 Å². The van der Waals surface area contributed by atoms with Gasteiger partial charge in [-0.1, -0.05) is 19.3 Å². The molecule has 18 heavy (non-hydrogen) atoms. The maximum Gasteiger partial charge on any atom is 0.216 e. The highest BCUT2D eigenvalue weighted by atomic mass is 16.8. The molecule has 2 atom stereocenters. The van der Waals surface area contributed by atoms with Crippen molar-refractivity contribution in [2.45, 2.75) is 56.0 Å². The lowest BCUT2D eigenvalue weighted by Crippen LogP contribution is -2.55. The van der Waals surface area contributed by atoms with Gasteiger partial charge in [0, 0.05) is 6.42 Å². The van der Waals surface area contributed by atoms with E-state index in [1.807, 2.05) is 6.07 Å². The second kappa shape index (κ2) is 4.35. The van der Waals surface area contributed by atoms with E-state index in [2.05, 4.69) is 5.48 Å². The molecule has 1 saturated carbocycles. The molecule has 100 valence electrons. The lowest BCUT2D eigenvalue weighted by Gasteiger charge is -2.41. The van der Waals surface area contributed by atoms with Crippen molar-refractivity contribution >= 4 is 0 Å². The fourth-order valence-electron chi connectivity index (χ4n) is 2.99. The van der Waals surface area contributed by atoms with Crippen molar-refractivity contribution in [3.63, 3.8) is 0 Å². The van der Waals surface area contributed by atoms with Crippen molar-refractivity contribution in [3.05, 3.63) is 24.2 Å². The van der Waals surface area contributed by atoms with Gasteiger partial charge in [-0.25, -0.2) is 0 Å². The Balaban J connectivity index is 1.76. The second-order valence-electron chi connectivity index (χ2n) is 5.37. The number of aliphatic hydroxyl groups is 2. The Bertz CT molecular complexity index is 399. The van der Waals surface area contributed by atoms with Crippen molar-refractivity contribution in [2.24, 2.45) is 0 Å². The maximum atomic E-state index is 10.6. The molecule has 1 aliphatic carbocycles. The van der Waals surface area contributed by atoms with Crippen LogP contribution in [0.3, 0.4) is 0 Å². The van der Waals surface area contributed by atoms with Crippen LogP contribution in [-0.2, 0) is 4.84 Å². The third-order valence-electron chi connectivity index (χ3n) is 4.15. The summed E-state index contributed by atoms with van der Waals surface area (Å²) in [5.74, 6) is -0.810. The molecule has 3 N–H and O–H groups in total. The molecule has 0 amide bonds. The van der Waals surface area contributed by atoms with E-state index >= 15 is 0 Å². The van der Waals surface area contributed by atoms with Gasteiger partial charge < -0.3 is 14.6 Å². The smallest absolute Gasteiger partial charge is 0.216 e. The van der Waals surface area contributed by atoms with Crippen LogP contribution in [0.2, 0.25) is 0 Å². The van der Waals surface area contributed by atoms with E-state index in [1.165, 1.54) is 0 Å². The first-order chi connectivity index (χ1) is 8.63. The van der Waals surface area contributed by atoms with Crippen molar-refractivity contribution < 1.29 is 19.5 Å². The summed E-state index contributed by atoms with van der Waals surface area (Å²) in [5.41, 5.74) is 1.62. The molecule has 0 spiro atoms. The van der Waals surface area contributed by atoms with Crippen molar-refractivity contribution in [1.29, 1.82) is 0 Å². The fourth-order valence-corrected chi connectivity index (χ4v) is 2.99. The summed E-state index contributed by atoms with van der Waals surface area (Å²) in [7, 11) is 0. The average molecular weight is 253 g/mol. The molecule has 5 nitrogen and oxygen atoms in total. The zero-order chi connectivity index (χ0) is 12.6. The largest absolute Gasteiger partial charge is 0.468 e. The topological polar surface area (TPSA) is 74.9 Å². The molecule has 5 heteroatoms. The van der Waals surface area contributed by atoms with Crippen LogP contribution < -0.4 is 5.48 Å². The van der Waals surface area contributed by atoms with Crippen LogP contribution in [0.5, 0.6) is 0 Å². The molecule has 2 aliphatic rings. The molecule has 2 heterocycles. The second-order valence-corrected chi connectivity index (χ2v) is 5.37. The zero-order valence-electron chi connectivity index (χ0n) is 10.3. The summed E-state index contributed by atoms with van der Waals surface area (Å²) in [5, 5.41) is 21.2. The molecule has 0 bridgehead atoms. The molecule has 0 unspecified atom stereocenters. The minimum atomic E-state index is -1.52. The maximum absolute atomic E-state index is 10.6. The first kappa shape index (κ1) is 12.2. The fraction of sp³-hybridized carbons (Fsp3) is 0.692. The third-order valence-corrected chi connectivity index (χ3v) is 4.15. The molecule has 1 saturated heterocycles. The summed E-state index contributed by atoms with van der Waals surface area (Å²) in [6.45, 7) is 0. The van der Waals surface area contributed by atoms with Gasteiger partial charge in [0.1, 0.15) is 11.4 Å². The van der Waals surface area contributed by atoms with Crippen LogP contribution in [0.15, 0.2) is 22.8 Å². The van der Waals surface area contributed by atoms with E-state index in [4.69, 9.17) is 9.25 Å². The predicted octanol–water partition coefficient (Wildman–Crippen LogP) is 1.63. The number of hydroxylamine groups is 1. The molecule has 2 fully saturated rings. The van der Waals surface area contributed by atoms with Crippen LogP contribution in [0, 0.1) is 0 Å². The highest BCUT2D eigenvalue weighted by molar-refractivity contribution is 5.09. The van der Waals surface area contributed by atoms with Gasteiger partial charge in [0.05, 0.1) is 12.3 Å². The van der Waals surface area contributed by atoms with Crippen LogP contribution >= 0.6 is 0 Å². The van der Waals surface area contributed by atoms with Crippen molar-refractivity contribution in [2.75, 3.05) is 0 Å². The van der Waals surface area contributed by atoms with Gasteiger partial charge in [0.2, 0.25) is 5.79 Å². The Morgan fingerprint density at radius 2 is 2.00 bits per heavy atom. The predicted molar refractivity (Wildman–Crippen MR) is 63.3 cm³/mol. The first-order valence-corrected chi connectivity index (χ1v) is 6.55. The monoisotopic (exact) mass is 253 g/mol. The van der Waals surface area contributed by atoms with Crippen LogP contribution in [0.4, 0.5) is 0 Å². The molecular weight excluding hydrogens is 234 g/mol. The Hall–Kier alpha value is -0.880. The summed E-state index contributed by atoms with van der Waals surface area (Å²) in [6.07, 6.45) is 6.00. The lowest BCUT2D eigenvalue weighted by molar-refractivity contribution is -0.303. The third kappa shape index (κ3) is 1.87.